The molecule has 0 aliphatic carbocycles. The van der Waals surface area contributed by atoms with Gasteiger partial charge in [-0.3, -0.25) is 0 Å². The third-order valence-electron chi connectivity index (χ3n) is 3.76. The third-order valence-corrected chi connectivity index (χ3v) is 4.70. The first-order chi connectivity index (χ1) is 13.1. The average molecular weight is 383 g/mol. The molecule has 3 rings (SSSR count). The van der Waals surface area contributed by atoms with Crippen molar-refractivity contribution in [3.05, 3.63) is 70.7 Å². The van der Waals surface area contributed by atoms with Gasteiger partial charge in [-0.2, -0.15) is 0 Å². The molecule has 0 N–H and O–H groups in total. The van der Waals surface area contributed by atoms with Crippen molar-refractivity contribution in [3.63, 3.8) is 0 Å². The van der Waals surface area contributed by atoms with E-state index in [9.17, 15) is 9.59 Å². The SMILES string of the molecule is COC(=O)c1ccc(C(=O)OCc2csc(-c3cccc(OC)c3)n2)cc1. The van der Waals surface area contributed by atoms with Crippen LogP contribution in [0.2, 0.25) is 0 Å². The van der Waals surface area contributed by atoms with Gasteiger partial charge in [0.05, 0.1) is 31.0 Å². The number of rotatable bonds is 6. The van der Waals surface area contributed by atoms with Crippen LogP contribution in [0.5, 0.6) is 5.75 Å². The molecule has 0 unspecified atom stereocenters. The van der Waals surface area contributed by atoms with E-state index in [-0.39, 0.29) is 6.61 Å². The number of ether oxygens (including phenoxy) is 3. The molecule has 0 spiro atoms. The summed E-state index contributed by atoms with van der Waals surface area (Å²) in [6.45, 7) is 0.0675. The number of esters is 2. The van der Waals surface area contributed by atoms with E-state index in [1.165, 1.54) is 42.7 Å². The van der Waals surface area contributed by atoms with Gasteiger partial charge in [-0.15, -0.1) is 11.3 Å². The number of thiazole rings is 1. The number of carbonyl (C=O) groups is 2. The van der Waals surface area contributed by atoms with Gasteiger partial charge in [0.1, 0.15) is 17.4 Å². The molecule has 27 heavy (non-hydrogen) atoms. The maximum absolute atomic E-state index is 12.1. The van der Waals surface area contributed by atoms with Gasteiger partial charge in [0, 0.05) is 10.9 Å². The quantitative estimate of drug-likeness (QED) is 0.600. The van der Waals surface area contributed by atoms with Gasteiger partial charge in [0.15, 0.2) is 0 Å². The summed E-state index contributed by atoms with van der Waals surface area (Å²) in [5, 5.41) is 2.67. The van der Waals surface area contributed by atoms with Crippen molar-refractivity contribution in [2.45, 2.75) is 6.61 Å². The lowest BCUT2D eigenvalue weighted by Crippen LogP contribution is -2.07. The zero-order valence-electron chi connectivity index (χ0n) is 14.8. The van der Waals surface area contributed by atoms with E-state index in [0.29, 0.717) is 16.8 Å². The lowest BCUT2D eigenvalue weighted by atomic mass is 10.1. The Morgan fingerprint density at radius 2 is 1.70 bits per heavy atom. The van der Waals surface area contributed by atoms with Crippen LogP contribution in [0.4, 0.5) is 0 Å². The smallest absolute Gasteiger partial charge is 0.338 e. The molecule has 0 atom stereocenters. The Labute approximate surface area is 160 Å². The Balaban J connectivity index is 1.62. The van der Waals surface area contributed by atoms with Crippen molar-refractivity contribution in [2.75, 3.05) is 14.2 Å². The van der Waals surface area contributed by atoms with E-state index >= 15 is 0 Å². The Kier molecular flexibility index (Phi) is 5.83. The summed E-state index contributed by atoms with van der Waals surface area (Å²) in [6, 6.07) is 13.7. The minimum absolute atomic E-state index is 0.0675. The molecule has 2 aromatic carbocycles. The van der Waals surface area contributed by atoms with Crippen molar-refractivity contribution in [1.82, 2.24) is 4.98 Å². The lowest BCUT2D eigenvalue weighted by Gasteiger charge is -2.04. The molecule has 138 valence electrons. The average Bonchev–Trinajstić information content (AvgIpc) is 3.20. The van der Waals surface area contributed by atoms with Crippen LogP contribution in [0.1, 0.15) is 26.4 Å². The number of hydrogen-bond donors (Lipinski definition) is 0. The normalized spacial score (nSPS) is 10.3. The number of methoxy groups -OCH3 is 2. The van der Waals surface area contributed by atoms with E-state index in [1.54, 1.807) is 7.11 Å². The first-order valence-corrected chi connectivity index (χ1v) is 8.93. The topological polar surface area (TPSA) is 74.7 Å². The number of benzene rings is 2. The molecule has 1 heterocycles. The zero-order valence-corrected chi connectivity index (χ0v) is 15.6. The molecule has 0 amide bonds. The van der Waals surface area contributed by atoms with E-state index in [1.807, 2.05) is 29.6 Å². The predicted molar refractivity (Wildman–Crippen MR) is 101 cm³/mol. The molecule has 0 bridgehead atoms. The van der Waals surface area contributed by atoms with Crippen molar-refractivity contribution < 1.29 is 23.8 Å². The fraction of sp³-hybridized carbons (Fsp3) is 0.150. The van der Waals surface area contributed by atoms with Gasteiger partial charge in [0.2, 0.25) is 0 Å². The molecule has 6 nitrogen and oxygen atoms in total. The highest BCUT2D eigenvalue weighted by molar-refractivity contribution is 7.13. The molecule has 0 aliphatic rings. The van der Waals surface area contributed by atoms with Crippen LogP contribution < -0.4 is 4.74 Å². The highest BCUT2D eigenvalue weighted by Gasteiger charge is 2.12. The largest absolute Gasteiger partial charge is 0.497 e. The van der Waals surface area contributed by atoms with Crippen LogP contribution >= 0.6 is 11.3 Å². The van der Waals surface area contributed by atoms with Crippen molar-refractivity contribution >= 4 is 23.3 Å². The van der Waals surface area contributed by atoms with E-state index in [2.05, 4.69) is 9.72 Å². The molecule has 0 aliphatic heterocycles. The standard InChI is InChI=1S/C20H17NO5S/c1-24-17-5-3-4-15(10-17)18-21-16(12-27-18)11-26-20(23)14-8-6-13(7-9-14)19(22)25-2/h3-10,12H,11H2,1-2H3. The number of aromatic nitrogens is 1. The minimum atomic E-state index is -0.484. The first-order valence-electron chi connectivity index (χ1n) is 8.05. The fourth-order valence-electron chi connectivity index (χ4n) is 2.35. The summed E-state index contributed by atoms with van der Waals surface area (Å²) in [4.78, 5) is 28.1. The van der Waals surface area contributed by atoms with E-state index in [0.717, 1.165) is 16.3 Å². The van der Waals surface area contributed by atoms with Crippen LogP contribution in [0.3, 0.4) is 0 Å². The van der Waals surface area contributed by atoms with Gasteiger partial charge >= 0.3 is 11.9 Å². The minimum Gasteiger partial charge on any atom is -0.497 e. The Bertz CT molecular complexity index is 949. The number of carbonyl (C=O) groups excluding carboxylic acids is 2. The van der Waals surface area contributed by atoms with Gasteiger partial charge in [-0.25, -0.2) is 14.6 Å². The van der Waals surface area contributed by atoms with E-state index < -0.39 is 11.9 Å². The molecule has 0 saturated heterocycles. The summed E-state index contributed by atoms with van der Waals surface area (Å²) >= 11 is 1.47. The van der Waals surface area contributed by atoms with Gasteiger partial charge in [0.25, 0.3) is 0 Å². The summed E-state index contributed by atoms with van der Waals surface area (Å²) in [5.41, 5.74) is 2.33. The van der Waals surface area contributed by atoms with Crippen LogP contribution in [-0.4, -0.2) is 31.1 Å². The second kappa shape index (κ2) is 8.46. The monoisotopic (exact) mass is 383 g/mol. The highest BCUT2D eigenvalue weighted by atomic mass is 32.1. The third kappa shape index (κ3) is 4.51. The van der Waals surface area contributed by atoms with Gasteiger partial charge in [-0.1, -0.05) is 12.1 Å². The van der Waals surface area contributed by atoms with Gasteiger partial charge < -0.3 is 14.2 Å². The number of nitrogens with zero attached hydrogens (tertiary/aromatic N) is 1. The molecular weight excluding hydrogens is 366 g/mol. The van der Waals surface area contributed by atoms with Crippen LogP contribution in [0.25, 0.3) is 10.6 Å². The molecule has 7 heteroatoms. The Morgan fingerprint density at radius 1 is 1.00 bits per heavy atom. The fourth-order valence-corrected chi connectivity index (χ4v) is 3.15. The van der Waals surface area contributed by atoms with Gasteiger partial charge in [-0.05, 0) is 36.4 Å². The summed E-state index contributed by atoms with van der Waals surface area (Å²) in [5.74, 6) is -0.184. The number of hydrogen-bond acceptors (Lipinski definition) is 7. The van der Waals surface area contributed by atoms with Crippen molar-refractivity contribution in [3.8, 4) is 16.3 Å². The maximum Gasteiger partial charge on any atom is 0.338 e. The highest BCUT2D eigenvalue weighted by Crippen LogP contribution is 2.27. The second-order valence-corrected chi connectivity index (χ2v) is 6.38. The summed E-state index contributed by atoms with van der Waals surface area (Å²) in [6.07, 6.45) is 0. The molecule has 3 aromatic rings. The maximum atomic E-state index is 12.1. The summed E-state index contributed by atoms with van der Waals surface area (Å²) < 4.78 is 15.1. The Morgan fingerprint density at radius 3 is 2.37 bits per heavy atom. The molecule has 0 fully saturated rings. The molecule has 0 radical (unpaired) electrons. The molecule has 1 aromatic heterocycles. The predicted octanol–water partition coefficient (Wildman–Crippen LogP) is 3.96. The van der Waals surface area contributed by atoms with Crippen molar-refractivity contribution in [1.29, 1.82) is 0 Å². The first kappa shape index (κ1) is 18.6. The lowest BCUT2D eigenvalue weighted by molar-refractivity contribution is 0.0467. The van der Waals surface area contributed by atoms with E-state index in [4.69, 9.17) is 9.47 Å². The second-order valence-electron chi connectivity index (χ2n) is 5.52. The van der Waals surface area contributed by atoms with Crippen molar-refractivity contribution in [2.24, 2.45) is 0 Å². The Hall–Kier alpha value is -3.19. The van der Waals surface area contributed by atoms with Crippen LogP contribution in [-0.2, 0) is 16.1 Å². The van der Waals surface area contributed by atoms with Crippen LogP contribution in [0.15, 0.2) is 53.9 Å². The molecule has 0 saturated carbocycles. The molecular formula is C20H17NO5S. The van der Waals surface area contributed by atoms with Crippen LogP contribution in [0, 0.1) is 0 Å². The zero-order chi connectivity index (χ0) is 19.2. The summed E-state index contributed by atoms with van der Waals surface area (Å²) in [7, 11) is 2.92.